The van der Waals surface area contributed by atoms with Crippen LogP contribution in [-0.2, 0) is 6.42 Å². The lowest BCUT2D eigenvalue weighted by atomic mass is 10.1. The minimum Gasteiger partial charge on any atom is -0.493 e. The van der Waals surface area contributed by atoms with E-state index in [-0.39, 0.29) is 5.91 Å². The van der Waals surface area contributed by atoms with E-state index in [2.05, 4.69) is 12.2 Å². The molecule has 0 unspecified atom stereocenters. The van der Waals surface area contributed by atoms with Crippen molar-refractivity contribution in [3.05, 3.63) is 53.6 Å². The molecular formula is C17H19NO3. The van der Waals surface area contributed by atoms with Gasteiger partial charge in [0.05, 0.1) is 19.8 Å². The van der Waals surface area contributed by atoms with Crippen molar-refractivity contribution in [3.63, 3.8) is 0 Å². The van der Waals surface area contributed by atoms with Crippen LogP contribution in [0, 0.1) is 0 Å². The maximum atomic E-state index is 12.4. The summed E-state index contributed by atoms with van der Waals surface area (Å²) in [6.07, 6.45) is 0.923. The zero-order valence-corrected chi connectivity index (χ0v) is 12.5. The molecule has 0 saturated carbocycles. The first-order valence-electron chi connectivity index (χ1n) is 6.80. The molecule has 1 N–H and O–H groups in total. The molecule has 0 fully saturated rings. The Balaban J connectivity index is 2.28. The second-order valence-corrected chi connectivity index (χ2v) is 4.55. The molecule has 110 valence electrons. The Hall–Kier alpha value is -2.49. The van der Waals surface area contributed by atoms with Crippen molar-refractivity contribution < 1.29 is 14.3 Å². The molecule has 21 heavy (non-hydrogen) atoms. The predicted octanol–water partition coefficient (Wildman–Crippen LogP) is 3.52. The van der Waals surface area contributed by atoms with Crippen LogP contribution in [0.25, 0.3) is 0 Å². The van der Waals surface area contributed by atoms with E-state index in [0.29, 0.717) is 17.1 Å². The number of hydrogen-bond acceptors (Lipinski definition) is 3. The van der Waals surface area contributed by atoms with Crippen LogP contribution < -0.4 is 14.8 Å². The lowest BCUT2D eigenvalue weighted by Gasteiger charge is -2.13. The first kappa shape index (κ1) is 14.9. The third kappa shape index (κ3) is 3.34. The van der Waals surface area contributed by atoms with E-state index in [1.807, 2.05) is 24.3 Å². The Morgan fingerprint density at radius 3 is 2.52 bits per heavy atom. The summed E-state index contributed by atoms with van der Waals surface area (Å²) in [5.41, 5.74) is 2.38. The highest BCUT2D eigenvalue weighted by Gasteiger charge is 2.16. The zero-order valence-electron chi connectivity index (χ0n) is 12.5. The first-order valence-corrected chi connectivity index (χ1v) is 6.80. The molecule has 0 aliphatic heterocycles. The number of carbonyl (C=O) groups is 1. The third-order valence-corrected chi connectivity index (χ3v) is 3.24. The van der Waals surface area contributed by atoms with Gasteiger partial charge < -0.3 is 14.8 Å². The van der Waals surface area contributed by atoms with Crippen LogP contribution in [0.3, 0.4) is 0 Å². The largest absolute Gasteiger partial charge is 0.493 e. The van der Waals surface area contributed by atoms with Crippen molar-refractivity contribution in [2.45, 2.75) is 13.3 Å². The number of hydrogen-bond donors (Lipinski definition) is 1. The third-order valence-electron chi connectivity index (χ3n) is 3.24. The van der Waals surface area contributed by atoms with E-state index in [9.17, 15) is 4.79 Å². The molecule has 0 aromatic heterocycles. The Morgan fingerprint density at radius 2 is 1.86 bits per heavy atom. The summed E-state index contributed by atoms with van der Waals surface area (Å²) < 4.78 is 10.5. The molecule has 4 heteroatoms. The summed E-state index contributed by atoms with van der Waals surface area (Å²) in [7, 11) is 3.07. The number of benzene rings is 2. The van der Waals surface area contributed by atoms with Gasteiger partial charge in [0.25, 0.3) is 5.91 Å². The molecule has 2 aromatic rings. The van der Waals surface area contributed by atoms with Crippen LogP contribution in [0.5, 0.6) is 11.5 Å². The minimum atomic E-state index is -0.223. The van der Waals surface area contributed by atoms with Gasteiger partial charge in [0, 0.05) is 5.69 Å². The summed E-state index contributed by atoms with van der Waals surface area (Å²) in [5.74, 6) is 0.746. The number of ether oxygens (including phenoxy) is 2. The number of nitrogens with one attached hydrogen (secondary N) is 1. The fourth-order valence-corrected chi connectivity index (χ4v) is 2.13. The smallest absolute Gasteiger partial charge is 0.259 e. The molecule has 0 spiro atoms. The minimum absolute atomic E-state index is 0.223. The molecule has 0 heterocycles. The SMILES string of the molecule is CCc1cccc(NC(=O)c2cccc(OC)c2OC)c1. The zero-order chi connectivity index (χ0) is 15.2. The molecule has 0 bridgehead atoms. The standard InChI is InChI=1S/C17H19NO3/c1-4-12-7-5-8-13(11-12)18-17(19)14-9-6-10-15(20-2)16(14)21-3/h5-11H,4H2,1-3H3,(H,18,19). The average Bonchev–Trinajstić information content (AvgIpc) is 2.53. The van der Waals surface area contributed by atoms with Crippen LogP contribution in [0.2, 0.25) is 0 Å². The molecule has 4 nitrogen and oxygen atoms in total. The number of para-hydroxylation sites is 1. The van der Waals surface area contributed by atoms with Crippen molar-refractivity contribution >= 4 is 11.6 Å². The number of aryl methyl sites for hydroxylation is 1. The number of rotatable bonds is 5. The van der Waals surface area contributed by atoms with Gasteiger partial charge in [-0.05, 0) is 36.2 Å². The second-order valence-electron chi connectivity index (χ2n) is 4.55. The molecule has 2 aromatic carbocycles. The van der Waals surface area contributed by atoms with E-state index in [1.165, 1.54) is 12.7 Å². The van der Waals surface area contributed by atoms with Gasteiger partial charge in [0.15, 0.2) is 11.5 Å². The molecule has 0 atom stereocenters. The highest BCUT2D eigenvalue weighted by Crippen LogP contribution is 2.31. The Kier molecular flexibility index (Phi) is 4.82. The van der Waals surface area contributed by atoms with E-state index < -0.39 is 0 Å². The van der Waals surface area contributed by atoms with Crippen molar-refractivity contribution in [1.82, 2.24) is 0 Å². The Morgan fingerprint density at radius 1 is 1.10 bits per heavy atom. The predicted molar refractivity (Wildman–Crippen MR) is 83.3 cm³/mol. The fourth-order valence-electron chi connectivity index (χ4n) is 2.13. The van der Waals surface area contributed by atoms with Crippen LogP contribution >= 0.6 is 0 Å². The highest BCUT2D eigenvalue weighted by atomic mass is 16.5. The number of carbonyl (C=O) groups excluding carboxylic acids is 1. The molecule has 0 radical (unpaired) electrons. The van der Waals surface area contributed by atoms with Crippen molar-refractivity contribution in [2.24, 2.45) is 0 Å². The Bertz CT molecular complexity index is 638. The Labute approximate surface area is 124 Å². The first-order chi connectivity index (χ1) is 10.2. The van der Waals surface area contributed by atoms with Crippen molar-refractivity contribution in [2.75, 3.05) is 19.5 Å². The maximum absolute atomic E-state index is 12.4. The maximum Gasteiger partial charge on any atom is 0.259 e. The van der Waals surface area contributed by atoms with Crippen LogP contribution in [0.15, 0.2) is 42.5 Å². The monoisotopic (exact) mass is 285 g/mol. The molecule has 2 rings (SSSR count). The van der Waals surface area contributed by atoms with Gasteiger partial charge in [-0.25, -0.2) is 0 Å². The number of methoxy groups -OCH3 is 2. The van der Waals surface area contributed by atoms with Gasteiger partial charge in [-0.1, -0.05) is 25.1 Å². The van der Waals surface area contributed by atoms with Gasteiger partial charge in [0.1, 0.15) is 0 Å². The van der Waals surface area contributed by atoms with Crippen molar-refractivity contribution in [1.29, 1.82) is 0 Å². The summed E-state index contributed by atoms with van der Waals surface area (Å²) in [6.45, 7) is 2.08. The lowest BCUT2D eigenvalue weighted by Crippen LogP contribution is -2.13. The van der Waals surface area contributed by atoms with E-state index in [4.69, 9.17) is 9.47 Å². The van der Waals surface area contributed by atoms with E-state index in [1.54, 1.807) is 25.3 Å². The van der Waals surface area contributed by atoms with Crippen LogP contribution in [-0.4, -0.2) is 20.1 Å². The van der Waals surface area contributed by atoms with Gasteiger partial charge in [-0.15, -0.1) is 0 Å². The average molecular weight is 285 g/mol. The lowest BCUT2D eigenvalue weighted by molar-refractivity contribution is 0.102. The van der Waals surface area contributed by atoms with Gasteiger partial charge in [-0.2, -0.15) is 0 Å². The summed E-state index contributed by atoms with van der Waals surface area (Å²) in [4.78, 5) is 12.4. The van der Waals surface area contributed by atoms with Crippen LogP contribution in [0.4, 0.5) is 5.69 Å². The van der Waals surface area contributed by atoms with Gasteiger partial charge in [0.2, 0.25) is 0 Å². The summed E-state index contributed by atoms with van der Waals surface area (Å²) in [5, 5.41) is 2.88. The fraction of sp³-hybridized carbons (Fsp3) is 0.235. The number of anilines is 1. The second kappa shape index (κ2) is 6.79. The normalized spacial score (nSPS) is 10.0. The summed E-state index contributed by atoms with van der Waals surface area (Å²) in [6, 6.07) is 13.0. The molecule has 0 aliphatic carbocycles. The molecule has 0 saturated heterocycles. The van der Waals surface area contributed by atoms with Gasteiger partial charge >= 0.3 is 0 Å². The molecule has 1 amide bonds. The van der Waals surface area contributed by atoms with Crippen LogP contribution in [0.1, 0.15) is 22.8 Å². The molecule has 0 aliphatic rings. The molecular weight excluding hydrogens is 266 g/mol. The van der Waals surface area contributed by atoms with Crippen molar-refractivity contribution in [3.8, 4) is 11.5 Å². The topological polar surface area (TPSA) is 47.6 Å². The highest BCUT2D eigenvalue weighted by molar-refractivity contribution is 6.06. The quantitative estimate of drug-likeness (QED) is 0.914. The van der Waals surface area contributed by atoms with Gasteiger partial charge in [-0.3, -0.25) is 4.79 Å². The number of amides is 1. The summed E-state index contributed by atoms with van der Waals surface area (Å²) >= 11 is 0. The van der Waals surface area contributed by atoms with E-state index >= 15 is 0 Å². The van der Waals surface area contributed by atoms with E-state index in [0.717, 1.165) is 12.1 Å².